The van der Waals surface area contributed by atoms with Crippen molar-refractivity contribution in [2.45, 2.75) is 77.9 Å². The fourth-order valence-corrected chi connectivity index (χ4v) is 2.97. The molecule has 1 aliphatic rings. The minimum Gasteiger partial charge on any atom is -0.389 e. The first-order valence-corrected chi connectivity index (χ1v) is 7.46. The Morgan fingerprint density at radius 1 is 1.24 bits per heavy atom. The van der Waals surface area contributed by atoms with Crippen molar-refractivity contribution in [1.29, 1.82) is 0 Å². The molecule has 2 N–H and O–H groups in total. The smallest absolute Gasteiger partial charge is 0.0771 e. The Bertz CT molecular complexity index is 207. The van der Waals surface area contributed by atoms with Crippen LogP contribution in [0.4, 0.5) is 0 Å². The van der Waals surface area contributed by atoms with Crippen LogP contribution in [0.1, 0.15) is 66.2 Å². The molecule has 0 radical (unpaired) electrons. The molecule has 2 nitrogen and oxygen atoms in total. The van der Waals surface area contributed by atoms with Gasteiger partial charge in [-0.1, -0.05) is 34.1 Å². The van der Waals surface area contributed by atoms with Gasteiger partial charge in [-0.25, -0.2) is 0 Å². The van der Waals surface area contributed by atoms with E-state index in [9.17, 15) is 5.11 Å². The van der Waals surface area contributed by atoms with Crippen LogP contribution in [0.25, 0.3) is 0 Å². The Balaban J connectivity index is 2.35. The highest BCUT2D eigenvalue weighted by molar-refractivity contribution is 4.88. The van der Waals surface area contributed by atoms with Gasteiger partial charge in [-0.2, -0.15) is 0 Å². The second kappa shape index (κ2) is 6.75. The highest BCUT2D eigenvalue weighted by Crippen LogP contribution is 2.33. The normalized spacial score (nSPS) is 31.8. The summed E-state index contributed by atoms with van der Waals surface area (Å²) in [6.07, 6.45) is 6.78. The van der Waals surface area contributed by atoms with Gasteiger partial charge in [0.1, 0.15) is 0 Å². The maximum absolute atomic E-state index is 10.5. The molecule has 0 aromatic heterocycles. The van der Waals surface area contributed by atoms with E-state index >= 15 is 0 Å². The van der Waals surface area contributed by atoms with Gasteiger partial charge in [-0.3, -0.25) is 0 Å². The Labute approximate surface area is 107 Å². The maximum Gasteiger partial charge on any atom is 0.0771 e. The zero-order valence-electron chi connectivity index (χ0n) is 12.1. The molecule has 1 aliphatic carbocycles. The van der Waals surface area contributed by atoms with Crippen molar-refractivity contribution in [1.82, 2.24) is 5.32 Å². The second-order valence-corrected chi connectivity index (χ2v) is 6.22. The summed E-state index contributed by atoms with van der Waals surface area (Å²) >= 11 is 0. The highest BCUT2D eigenvalue weighted by Gasteiger charge is 2.32. The average Bonchev–Trinajstić information content (AvgIpc) is 2.30. The summed E-state index contributed by atoms with van der Waals surface area (Å²) in [7, 11) is 0. The molecule has 0 aliphatic heterocycles. The van der Waals surface area contributed by atoms with E-state index in [2.05, 4.69) is 33.0 Å². The average molecular weight is 241 g/mol. The molecule has 1 rings (SSSR count). The van der Waals surface area contributed by atoms with Crippen molar-refractivity contribution in [2.24, 2.45) is 11.8 Å². The summed E-state index contributed by atoms with van der Waals surface area (Å²) in [6, 6.07) is 0.544. The molecule has 0 amide bonds. The molecule has 17 heavy (non-hydrogen) atoms. The third-order valence-electron chi connectivity index (χ3n) is 4.55. The van der Waals surface area contributed by atoms with Gasteiger partial charge in [0.2, 0.25) is 0 Å². The lowest BCUT2D eigenvalue weighted by Crippen LogP contribution is -2.47. The first kappa shape index (κ1) is 15.0. The molecule has 0 spiro atoms. The monoisotopic (exact) mass is 241 g/mol. The zero-order chi connectivity index (χ0) is 12.9. The van der Waals surface area contributed by atoms with Crippen molar-refractivity contribution in [3.05, 3.63) is 0 Å². The first-order valence-electron chi connectivity index (χ1n) is 7.46. The number of aliphatic hydroxyl groups is 1. The number of nitrogens with one attached hydrogen (secondary N) is 1. The van der Waals surface area contributed by atoms with Gasteiger partial charge in [-0.05, 0) is 43.9 Å². The summed E-state index contributed by atoms with van der Waals surface area (Å²) < 4.78 is 0. The van der Waals surface area contributed by atoms with Crippen molar-refractivity contribution >= 4 is 0 Å². The van der Waals surface area contributed by atoms with E-state index < -0.39 is 5.60 Å². The fourth-order valence-electron chi connectivity index (χ4n) is 2.97. The molecule has 0 aromatic rings. The number of rotatable bonds is 6. The minimum absolute atomic E-state index is 0.437. The van der Waals surface area contributed by atoms with Gasteiger partial charge in [0.15, 0.2) is 0 Å². The summed E-state index contributed by atoms with van der Waals surface area (Å²) in [5.41, 5.74) is -0.437. The standard InChI is InChI=1S/C15H31NO/c1-5-13-7-9-15(17,10-8-13)11-16-14(6-2)12(3)4/h12-14,16-17H,5-11H2,1-4H3. The Kier molecular flexibility index (Phi) is 5.94. The molecule has 1 saturated carbocycles. The van der Waals surface area contributed by atoms with E-state index in [-0.39, 0.29) is 0 Å². The first-order chi connectivity index (χ1) is 8.00. The van der Waals surface area contributed by atoms with Gasteiger partial charge in [0.05, 0.1) is 5.60 Å². The lowest BCUT2D eigenvalue weighted by molar-refractivity contribution is -0.0118. The van der Waals surface area contributed by atoms with E-state index in [1.807, 2.05) is 0 Å². The van der Waals surface area contributed by atoms with Crippen LogP contribution in [-0.2, 0) is 0 Å². The molecule has 0 heterocycles. The highest BCUT2D eigenvalue weighted by atomic mass is 16.3. The molecule has 1 fully saturated rings. The number of hydrogen-bond donors (Lipinski definition) is 2. The Hall–Kier alpha value is -0.0800. The van der Waals surface area contributed by atoms with Crippen LogP contribution in [0.15, 0.2) is 0 Å². The van der Waals surface area contributed by atoms with E-state index in [1.54, 1.807) is 0 Å². The van der Waals surface area contributed by atoms with Gasteiger partial charge < -0.3 is 10.4 Å². The fraction of sp³-hybridized carbons (Fsp3) is 1.00. The summed E-state index contributed by atoms with van der Waals surface area (Å²) in [5.74, 6) is 1.50. The van der Waals surface area contributed by atoms with Gasteiger partial charge >= 0.3 is 0 Å². The van der Waals surface area contributed by atoms with Gasteiger partial charge in [-0.15, -0.1) is 0 Å². The second-order valence-electron chi connectivity index (χ2n) is 6.22. The van der Waals surface area contributed by atoms with Crippen LogP contribution in [0.2, 0.25) is 0 Å². The largest absolute Gasteiger partial charge is 0.389 e. The van der Waals surface area contributed by atoms with Gasteiger partial charge in [0, 0.05) is 12.6 Å². The molecule has 0 aromatic carbocycles. The molecule has 1 unspecified atom stereocenters. The molecule has 102 valence electrons. The molecule has 1 atom stereocenters. The predicted molar refractivity (Wildman–Crippen MR) is 74.1 cm³/mol. The lowest BCUT2D eigenvalue weighted by Gasteiger charge is -2.37. The third-order valence-corrected chi connectivity index (χ3v) is 4.55. The van der Waals surface area contributed by atoms with E-state index in [4.69, 9.17) is 0 Å². The van der Waals surface area contributed by atoms with Gasteiger partial charge in [0.25, 0.3) is 0 Å². The van der Waals surface area contributed by atoms with Crippen LogP contribution in [0.5, 0.6) is 0 Å². The van der Waals surface area contributed by atoms with Crippen LogP contribution < -0.4 is 5.32 Å². The zero-order valence-corrected chi connectivity index (χ0v) is 12.1. The summed E-state index contributed by atoms with van der Waals surface area (Å²) in [6.45, 7) is 9.76. The topological polar surface area (TPSA) is 32.3 Å². The summed E-state index contributed by atoms with van der Waals surface area (Å²) in [4.78, 5) is 0. The SMILES string of the molecule is CCC1CCC(O)(CNC(CC)C(C)C)CC1. The van der Waals surface area contributed by atoms with Crippen LogP contribution in [0, 0.1) is 11.8 Å². The lowest BCUT2D eigenvalue weighted by atomic mass is 9.77. The van der Waals surface area contributed by atoms with E-state index in [0.717, 1.165) is 31.7 Å². The molecular weight excluding hydrogens is 210 g/mol. The maximum atomic E-state index is 10.5. The quantitative estimate of drug-likeness (QED) is 0.747. The van der Waals surface area contributed by atoms with E-state index in [1.165, 1.54) is 19.3 Å². The van der Waals surface area contributed by atoms with Crippen molar-refractivity contribution in [3.63, 3.8) is 0 Å². The van der Waals surface area contributed by atoms with Crippen molar-refractivity contribution < 1.29 is 5.11 Å². The van der Waals surface area contributed by atoms with Crippen LogP contribution >= 0.6 is 0 Å². The third kappa shape index (κ3) is 4.59. The Morgan fingerprint density at radius 3 is 2.24 bits per heavy atom. The van der Waals surface area contributed by atoms with Crippen molar-refractivity contribution in [3.8, 4) is 0 Å². The molecule has 0 saturated heterocycles. The van der Waals surface area contributed by atoms with Crippen LogP contribution in [-0.4, -0.2) is 23.3 Å². The molecule has 2 heteroatoms. The van der Waals surface area contributed by atoms with E-state index in [0.29, 0.717) is 12.0 Å². The Morgan fingerprint density at radius 2 is 1.82 bits per heavy atom. The molecular formula is C15H31NO. The number of hydrogen-bond acceptors (Lipinski definition) is 2. The molecule has 0 bridgehead atoms. The minimum atomic E-state index is -0.437. The van der Waals surface area contributed by atoms with Crippen molar-refractivity contribution in [2.75, 3.05) is 6.54 Å². The predicted octanol–water partition coefficient (Wildman–Crippen LogP) is 3.34. The summed E-state index contributed by atoms with van der Waals surface area (Å²) in [5, 5.41) is 14.1. The van der Waals surface area contributed by atoms with Crippen LogP contribution in [0.3, 0.4) is 0 Å².